The molecule has 5 aromatic rings. The Morgan fingerprint density at radius 1 is 1.08 bits per heavy atom. The van der Waals surface area contributed by atoms with Gasteiger partial charge in [-0.15, -0.1) is 5.23 Å². The van der Waals surface area contributed by atoms with Crippen LogP contribution in [0.2, 0.25) is 0 Å². The van der Waals surface area contributed by atoms with Crippen molar-refractivity contribution in [2.75, 3.05) is 24.0 Å². The van der Waals surface area contributed by atoms with E-state index in [1.807, 2.05) is 33.7 Å². The number of amides is 1. The molecule has 0 radical (unpaired) electrons. The van der Waals surface area contributed by atoms with E-state index < -0.39 is 0 Å². The number of nitrogens with zero attached hydrogens (tertiary/aromatic N) is 5. The van der Waals surface area contributed by atoms with Crippen LogP contribution in [-0.2, 0) is 0 Å². The Bertz CT molecular complexity index is 1530. The second-order valence-electron chi connectivity index (χ2n) is 9.02. The standard InChI is InChI=1S/C26H25N7O3/c27-24-23-22(21-15-18-3-1-2-4-20(18)29-21)30-25(32(23)14-11-28-24)16-9-12-31(13-10-16)26(34)17-5-7-19(8-6-17)33(35)36/h1-8,11,14-16,29,35-36H,9-10,12-13H2,(H2,27,28). The summed E-state index contributed by atoms with van der Waals surface area (Å²) < 4.78 is 2.03. The summed E-state index contributed by atoms with van der Waals surface area (Å²) in [6, 6.07) is 16.3. The summed E-state index contributed by atoms with van der Waals surface area (Å²) >= 11 is 0. The normalized spacial score (nSPS) is 14.6. The Labute approximate surface area is 206 Å². The van der Waals surface area contributed by atoms with Crippen LogP contribution in [0.15, 0.2) is 67.0 Å². The van der Waals surface area contributed by atoms with Crippen LogP contribution in [0.1, 0.15) is 34.9 Å². The van der Waals surface area contributed by atoms with Crippen molar-refractivity contribution in [1.29, 1.82) is 0 Å². The second kappa shape index (κ2) is 8.67. The highest BCUT2D eigenvalue weighted by Gasteiger charge is 2.29. The minimum absolute atomic E-state index is 0.0287. The SMILES string of the molecule is Nc1nccn2c(C3CCN(C(=O)c4ccc(N(O)O)cc4)CC3)nc(-c3cc4ccccc4[nH]3)c12. The van der Waals surface area contributed by atoms with E-state index >= 15 is 0 Å². The largest absolute Gasteiger partial charge is 0.382 e. The number of nitrogens with one attached hydrogen (secondary N) is 1. The summed E-state index contributed by atoms with van der Waals surface area (Å²) in [7, 11) is 0. The molecule has 3 aromatic heterocycles. The molecule has 0 saturated carbocycles. The van der Waals surface area contributed by atoms with Crippen molar-refractivity contribution in [3.63, 3.8) is 0 Å². The Kier molecular flexibility index (Phi) is 5.32. The van der Waals surface area contributed by atoms with Crippen molar-refractivity contribution in [3.05, 3.63) is 78.4 Å². The number of nitrogen functional groups attached to an aromatic ring is 1. The molecule has 1 amide bonds. The molecule has 4 heterocycles. The summed E-state index contributed by atoms with van der Waals surface area (Å²) in [4.78, 5) is 27.6. The van der Waals surface area contributed by atoms with Gasteiger partial charge in [0.2, 0.25) is 0 Å². The summed E-state index contributed by atoms with van der Waals surface area (Å²) in [5.74, 6) is 1.41. The Morgan fingerprint density at radius 3 is 2.56 bits per heavy atom. The van der Waals surface area contributed by atoms with Crippen LogP contribution in [0.5, 0.6) is 0 Å². The molecule has 10 nitrogen and oxygen atoms in total. The third-order valence-electron chi connectivity index (χ3n) is 6.89. The van der Waals surface area contributed by atoms with Gasteiger partial charge in [0, 0.05) is 47.9 Å². The van der Waals surface area contributed by atoms with Crippen LogP contribution in [0.25, 0.3) is 27.8 Å². The summed E-state index contributed by atoms with van der Waals surface area (Å²) in [6.07, 6.45) is 5.10. The van der Waals surface area contributed by atoms with Gasteiger partial charge in [0.05, 0.1) is 11.4 Å². The summed E-state index contributed by atoms with van der Waals surface area (Å²) in [5, 5.41) is 19.4. The molecular weight excluding hydrogens is 458 g/mol. The Balaban J connectivity index is 1.27. The average molecular weight is 484 g/mol. The molecule has 0 unspecified atom stereocenters. The number of imidazole rings is 1. The van der Waals surface area contributed by atoms with Gasteiger partial charge in [0.15, 0.2) is 0 Å². The third-order valence-corrected chi connectivity index (χ3v) is 6.89. The highest BCUT2D eigenvalue weighted by atomic mass is 16.8. The van der Waals surface area contributed by atoms with E-state index in [4.69, 9.17) is 21.1 Å². The van der Waals surface area contributed by atoms with E-state index in [1.54, 1.807) is 18.3 Å². The minimum atomic E-state index is -0.0809. The maximum atomic E-state index is 13.0. The fourth-order valence-electron chi connectivity index (χ4n) is 5.02. The molecule has 0 bridgehead atoms. The number of H-pyrrole nitrogens is 1. The number of piperidine rings is 1. The number of aromatic nitrogens is 4. The van der Waals surface area contributed by atoms with E-state index in [2.05, 4.69) is 22.1 Å². The van der Waals surface area contributed by atoms with Gasteiger partial charge < -0.3 is 15.6 Å². The van der Waals surface area contributed by atoms with Gasteiger partial charge in [-0.25, -0.2) is 9.97 Å². The monoisotopic (exact) mass is 483 g/mol. The molecular formula is C26H25N7O3. The molecule has 0 atom stereocenters. The molecule has 6 rings (SSSR count). The molecule has 1 aliphatic rings. The number of hydrogen-bond acceptors (Lipinski definition) is 7. The molecule has 182 valence electrons. The number of nitrogens with two attached hydrogens (primary N) is 1. The molecule has 36 heavy (non-hydrogen) atoms. The predicted molar refractivity (Wildman–Crippen MR) is 135 cm³/mol. The van der Waals surface area contributed by atoms with Crippen LogP contribution in [0.3, 0.4) is 0 Å². The van der Waals surface area contributed by atoms with Crippen molar-refractivity contribution >= 4 is 33.8 Å². The zero-order valence-corrected chi connectivity index (χ0v) is 19.4. The molecule has 1 saturated heterocycles. The van der Waals surface area contributed by atoms with Crippen LogP contribution >= 0.6 is 0 Å². The number of hydrogen-bond donors (Lipinski definition) is 4. The lowest BCUT2D eigenvalue weighted by molar-refractivity contribution is 0.0291. The number of rotatable bonds is 4. The van der Waals surface area contributed by atoms with Crippen molar-refractivity contribution < 1.29 is 15.2 Å². The van der Waals surface area contributed by atoms with E-state index in [0.29, 0.717) is 24.5 Å². The number of carbonyl (C=O) groups excluding carboxylic acids is 1. The lowest BCUT2D eigenvalue weighted by Crippen LogP contribution is -2.38. The van der Waals surface area contributed by atoms with Gasteiger partial charge in [-0.3, -0.25) is 19.6 Å². The van der Waals surface area contributed by atoms with Crippen LogP contribution < -0.4 is 11.0 Å². The molecule has 0 aliphatic carbocycles. The first-order valence-corrected chi connectivity index (χ1v) is 11.8. The number of carbonyl (C=O) groups is 1. The number of anilines is 2. The van der Waals surface area contributed by atoms with E-state index in [9.17, 15) is 4.79 Å². The van der Waals surface area contributed by atoms with Crippen molar-refractivity contribution in [3.8, 4) is 11.4 Å². The Morgan fingerprint density at radius 2 is 1.83 bits per heavy atom. The highest BCUT2D eigenvalue weighted by molar-refractivity contribution is 5.94. The molecule has 5 N–H and O–H groups in total. The quantitative estimate of drug-likeness (QED) is 0.283. The third kappa shape index (κ3) is 3.72. The highest BCUT2D eigenvalue weighted by Crippen LogP contribution is 2.35. The molecule has 1 aliphatic heterocycles. The van der Waals surface area contributed by atoms with Crippen molar-refractivity contribution in [2.45, 2.75) is 18.8 Å². The molecule has 10 heteroatoms. The van der Waals surface area contributed by atoms with Crippen LogP contribution in [0, 0.1) is 0 Å². The zero-order chi connectivity index (χ0) is 24.8. The van der Waals surface area contributed by atoms with Crippen molar-refractivity contribution in [1.82, 2.24) is 24.3 Å². The Hall–Kier alpha value is -4.41. The molecule has 1 fully saturated rings. The number of para-hydroxylation sites is 1. The van der Waals surface area contributed by atoms with Gasteiger partial charge in [-0.2, -0.15) is 0 Å². The van der Waals surface area contributed by atoms with Crippen LogP contribution in [0.4, 0.5) is 11.5 Å². The van der Waals surface area contributed by atoms with E-state index in [1.165, 1.54) is 12.1 Å². The fraction of sp³-hybridized carbons (Fsp3) is 0.192. The van der Waals surface area contributed by atoms with Gasteiger partial charge in [-0.1, -0.05) is 18.2 Å². The van der Waals surface area contributed by atoms with Gasteiger partial charge >= 0.3 is 0 Å². The van der Waals surface area contributed by atoms with Crippen molar-refractivity contribution in [2.24, 2.45) is 0 Å². The summed E-state index contributed by atoms with van der Waals surface area (Å²) in [5.41, 5.74) is 10.5. The number of fused-ring (bicyclic) bond motifs is 2. The lowest BCUT2D eigenvalue weighted by Gasteiger charge is -2.31. The fourth-order valence-corrected chi connectivity index (χ4v) is 5.02. The molecule has 0 spiro atoms. The smallest absolute Gasteiger partial charge is 0.253 e. The maximum absolute atomic E-state index is 13.0. The second-order valence-corrected chi connectivity index (χ2v) is 9.02. The summed E-state index contributed by atoms with van der Waals surface area (Å²) in [6.45, 7) is 1.18. The number of benzene rings is 2. The number of aromatic amines is 1. The maximum Gasteiger partial charge on any atom is 0.253 e. The predicted octanol–water partition coefficient (Wildman–Crippen LogP) is 4.06. The van der Waals surface area contributed by atoms with E-state index in [0.717, 1.165) is 46.5 Å². The topological polar surface area (TPSA) is 136 Å². The van der Waals surface area contributed by atoms with Crippen LogP contribution in [-0.4, -0.2) is 53.7 Å². The lowest BCUT2D eigenvalue weighted by atomic mass is 9.95. The van der Waals surface area contributed by atoms with Gasteiger partial charge in [0.1, 0.15) is 22.9 Å². The first-order chi connectivity index (χ1) is 17.5. The van der Waals surface area contributed by atoms with Gasteiger partial charge in [0.25, 0.3) is 5.91 Å². The zero-order valence-electron chi connectivity index (χ0n) is 19.4. The minimum Gasteiger partial charge on any atom is -0.382 e. The number of likely N-dealkylation sites (tertiary alicyclic amines) is 1. The first kappa shape index (κ1) is 22.1. The molecule has 2 aromatic carbocycles. The van der Waals surface area contributed by atoms with E-state index in [-0.39, 0.29) is 22.7 Å². The first-order valence-electron chi connectivity index (χ1n) is 11.8. The van der Waals surface area contributed by atoms with Gasteiger partial charge in [-0.05, 0) is 49.2 Å². The average Bonchev–Trinajstić information content (AvgIpc) is 3.51.